The van der Waals surface area contributed by atoms with E-state index >= 15 is 0 Å². The summed E-state index contributed by atoms with van der Waals surface area (Å²) in [4.78, 5) is 14.6. The summed E-state index contributed by atoms with van der Waals surface area (Å²) in [5.74, 6) is 0.133. The van der Waals surface area contributed by atoms with Crippen LogP contribution in [-0.4, -0.2) is 62.4 Å². The molecule has 3 unspecified atom stereocenters. The van der Waals surface area contributed by atoms with E-state index in [1.807, 2.05) is 11.9 Å². The molecular formula is C16H29ClN2O3. The van der Waals surface area contributed by atoms with Crippen LogP contribution in [0.15, 0.2) is 0 Å². The first-order chi connectivity index (χ1) is 10.2. The molecule has 0 aromatic rings. The molecule has 1 saturated heterocycles. The number of carbonyl (C=O) groups excluding carboxylic acids is 1. The van der Waals surface area contributed by atoms with Gasteiger partial charge in [-0.1, -0.05) is 12.8 Å². The lowest BCUT2D eigenvalue weighted by atomic mass is 9.60. The molecule has 1 spiro atoms. The molecule has 1 aliphatic heterocycles. The third kappa shape index (κ3) is 3.01. The third-order valence-electron chi connectivity index (χ3n) is 5.66. The number of hydrogen-bond acceptors (Lipinski definition) is 4. The van der Waals surface area contributed by atoms with Gasteiger partial charge in [-0.05, 0) is 26.2 Å². The number of nitrogens with zero attached hydrogens (tertiary/aromatic N) is 1. The number of ether oxygens (including phenoxy) is 2. The Kier molecular flexibility index (Phi) is 6.11. The van der Waals surface area contributed by atoms with Crippen LogP contribution in [0.2, 0.25) is 0 Å². The second-order valence-electron chi connectivity index (χ2n) is 6.65. The highest BCUT2D eigenvalue weighted by molar-refractivity contribution is 5.85. The number of rotatable bonds is 4. The van der Waals surface area contributed by atoms with Gasteiger partial charge in [-0.2, -0.15) is 0 Å². The van der Waals surface area contributed by atoms with Crippen molar-refractivity contribution in [2.24, 2.45) is 5.41 Å². The first-order valence-electron chi connectivity index (χ1n) is 8.39. The molecule has 2 saturated carbocycles. The summed E-state index contributed by atoms with van der Waals surface area (Å²) in [6, 6.07) is 0.328. The second kappa shape index (κ2) is 7.47. The number of likely N-dealkylation sites (N-methyl/N-ethyl adjacent to an activating group) is 1. The second-order valence-corrected chi connectivity index (χ2v) is 6.65. The van der Waals surface area contributed by atoms with Crippen LogP contribution >= 0.6 is 12.4 Å². The van der Waals surface area contributed by atoms with Gasteiger partial charge in [-0.25, -0.2) is 0 Å². The van der Waals surface area contributed by atoms with E-state index in [0.29, 0.717) is 25.3 Å². The zero-order valence-corrected chi connectivity index (χ0v) is 14.5. The third-order valence-corrected chi connectivity index (χ3v) is 5.66. The highest BCUT2D eigenvalue weighted by atomic mass is 35.5. The molecule has 6 heteroatoms. The van der Waals surface area contributed by atoms with Crippen LogP contribution in [0.1, 0.15) is 39.0 Å². The van der Waals surface area contributed by atoms with E-state index < -0.39 is 0 Å². The molecule has 22 heavy (non-hydrogen) atoms. The standard InChI is InChI=1S/C16H28N2O3.ClH/c1-3-20-14-10-13(16(14)6-4-5-7-16)18(2)15(19)12-11-17-8-9-21-12;/h12-14,17H,3-11H2,1-2H3;1H. The first kappa shape index (κ1) is 18.0. The van der Waals surface area contributed by atoms with Crippen molar-refractivity contribution in [3.63, 3.8) is 0 Å². The molecular weight excluding hydrogens is 304 g/mol. The molecule has 3 aliphatic rings. The molecule has 2 aliphatic carbocycles. The topological polar surface area (TPSA) is 50.8 Å². The van der Waals surface area contributed by atoms with E-state index in [2.05, 4.69) is 12.2 Å². The first-order valence-corrected chi connectivity index (χ1v) is 8.39. The molecule has 1 heterocycles. The van der Waals surface area contributed by atoms with Gasteiger partial charge in [0.15, 0.2) is 0 Å². The SMILES string of the molecule is CCOC1CC(N(C)C(=O)C2CNCCO2)C12CCCC2.Cl. The molecule has 0 bridgehead atoms. The lowest BCUT2D eigenvalue weighted by Crippen LogP contribution is -2.65. The van der Waals surface area contributed by atoms with Crippen LogP contribution in [0.4, 0.5) is 0 Å². The molecule has 0 aromatic carbocycles. The largest absolute Gasteiger partial charge is 0.378 e. The van der Waals surface area contributed by atoms with Crippen LogP contribution in [0.25, 0.3) is 0 Å². The molecule has 0 radical (unpaired) electrons. The molecule has 3 fully saturated rings. The Morgan fingerprint density at radius 3 is 2.73 bits per heavy atom. The Labute approximate surface area is 139 Å². The normalized spacial score (nSPS) is 33.1. The van der Waals surface area contributed by atoms with Crippen molar-refractivity contribution >= 4 is 18.3 Å². The van der Waals surface area contributed by atoms with Gasteiger partial charge in [0, 0.05) is 38.2 Å². The van der Waals surface area contributed by atoms with Crippen molar-refractivity contribution in [2.75, 3.05) is 33.4 Å². The monoisotopic (exact) mass is 332 g/mol. The van der Waals surface area contributed by atoms with E-state index in [9.17, 15) is 4.79 Å². The highest BCUT2D eigenvalue weighted by Crippen LogP contribution is 2.56. The summed E-state index contributed by atoms with van der Waals surface area (Å²) in [7, 11) is 1.95. The number of morpholine rings is 1. The van der Waals surface area contributed by atoms with Crippen LogP contribution in [0.3, 0.4) is 0 Å². The van der Waals surface area contributed by atoms with E-state index in [1.54, 1.807) is 0 Å². The van der Waals surface area contributed by atoms with Gasteiger partial charge >= 0.3 is 0 Å². The van der Waals surface area contributed by atoms with Crippen molar-refractivity contribution in [2.45, 2.75) is 57.3 Å². The number of amides is 1. The minimum absolute atomic E-state index is 0. The minimum Gasteiger partial charge on any atom is -0.378 e. The van der Waals surface area contributed by atoms with Crippen LogP contribution in [-0.2, 0) is 14.3 Å². The predicted molar refractivity (Wildman–Crippen MR) is 87.3 cm³/mol. The number of halogens is 1. The predicted octanol–water partition coefficient (Wildman–Crippen LogP) is 1.59. The van der Waals surface area contributed by atoms with Crippen LogP contribution in [0.5, 0.6) is 0 Å². The number of hydrogen-bond donors (Lipinski definition) is 1. The molecule has 5 nitrogen and oxygen atoms in total. The fourth-order valence-corrected chi connectivity index (χ4v) is 4.50. The van der Waals surface area contributed by atoms with Crippen LogP contribution < -0.4 is 5.32 Å². The van der Waals surface area contributed by atoms with Crippen molar-refractivity contribution in [3.05, 3.63) is 0 Å². The zero-order valence-electron chi connectivity index (χ0n) is 13.7. The summed E-state index contributed by atoms with van der Waals surface area (Å²) in [6.45, 7) is 4.94. The fraction of sp³-hybridized carbons (Fsp3) is 0.938. The maximum Gasteiger partial charge on any atom is 0.253 e. The summed E-state index contributed by atoms with van der Waals surface area (Å²) in [5.41, 5.74) is 0.211. The van der Waals surface area contributed by atoms with E-state index in [1.165, 1.54) is 25.7 Å². The number of carbonyl (C=O) groups is 1. The van der Waals surface area contributed by atoms with Gasteiger partial charge in [0.1, 0.15) is 6.10 Å². The average molecular weight is 333 g/mol. The van der Waals surface area contributed by atoms with E-state index in [-0.39, 0.29) is 29.8 Å². The Morgan fingerprint density at radius 1 is 1.41 bits per heavy atom. The highest BCUT2D eigenvalue weighted by Gasteiger charge is 2.59. The molecule has 128 valence electrons. The minimum atomic E-state index is -0.312. The Bertz CT molecular complexity index is 382. The molecule has 1 amide bonds. The van der Waals surface area contributed by atoms with Gasteiger partial charge in [0.2, 0.25) is 0 Å². The molecule has 1 N–H and O–H groups in total. The molecule has 3 rings (SSSR count). The van der Waals surface area contributed by atoms with Crippen molar-refractivity contribution in [1.29, 1.82) is 0 Å². The lowest BCUT2D eigenvalue weighted by molar-refractivity contribution is -0.179. The lowest BCUT2D eigenvalue weighted by Gasteiger charge is -2.57. The van der Waals surface area contributed by atoms with Gasteiger partial charge in [-0.3, -0.25) is 4.79 Å². The van der Waals surface area contributed by atoms with Gasteiger partial charge in [-0.15, -0.1) is 12.4 Å². The van der Waals surface area contributed by atoms with E-state index in [0.717, 1.165) is 19.6 Å². The van der Waals surface area contributed by atoms with Crippen molar-refractivity contribution < 1.29 is 14.3 Å². The van der Waals surface area contributed by atoms with Gasteiger partial charge in [0.25, 0.3) is 5.91 Å². The molecule has 0 aromatic heterocycles. The van der Waals surface area contributed by atoms with E-state index in [4.69, 9.17) is 9.47 Å². The smallest absolute Gasteiger partial charge is 0.253 e. The quantitative estimate of drug-likeness (QED) is 0.849. The fourth-order valence-electron chi connectivity index (χ4n) is 4.50. The number of nitrogens with one attached hydrogen (secondary N) is 1. The molecule has 3 atom stereocenters. The Balaban J connectivity index is 0.00000176. The van der Waals surface area contributed by atoms with Crippen LogP contribution in [0, 0.1) is 5.41 Å². The van der Waals surface area contributed by atoms with Crippen molar-refractivity contribution in [3.8, 4) is 0 Å². The Morgan fingerprint density at radius 2 is 2.14 bits per heavy atom. The maximum absolute atomic E-state index is 12.7. The summed E-state index contributed by atoms with van der Waals surface area (Å²) in [6.07, 6.45) is 5.95. The summed E-state index contributed by atoms with van der Waals surface area (Å²) < 4.78 is 11.6. The summed E-state index contributed by atoms with van der Waals surface area (Å²) in [5, 5.41) is 3.24. The van der Waals surface area contributed by atoms with Gasteiger partial charge < -0.3 is 19.7 Å². The zero-order chi connectivity index (χ0) is 14.9. The maximum atomic E-state index is 12.7. The Hall–Kier alpha value is -0.360. The summed E-state index contributed by atoms with van der Waals surface area (Å²) >= 11 is 0. The van der Waals surface area contributed by atoms with Gasteiger partial charge in [0.05, 0.1) is 12.7 Å². The van der Waals surface area contributed by atoms with Crippen molar-refractivity contribution in [1.82, 2.24) is 10.2 Å². The average Bonchev–Trinajstić information content (AvgIpc) is 3.03.